The van der Waals surface area contributed by atoms with Gasteiger partial charge in [0.05, 0.1) is 6.10 Å². The van der Waals surface area contributed by atoms with E-state index in [4.69, 9.17) is 13.9 Å². The SMILES string of the molecule is CC1O[C@@H](Oc2cc(O)c3c(=O)c(O)c(-c4ccc(O)c(O)c4)oc3c2)C(O)[C@@H](O)[C@H]1O. The maximum absolute atomic E-state index is 12.6. The molecule has 2 heterocycles. The highest BCUT2D eigenvalue weighted by atomic mass is 16.7. The summed E-state index contributed by atoms with van der Waals surface area (Å²) in [7, 11) is 0. The number of phenolic OH excluding ortho intramolecular Hbond substituents is 3. The van der Waals surface area contributed by atoms with Gasteiger partial charge in [-0.25, -0.2) is 0 Å². The molecule has 1 aliphatic heterocycles. The molecule has 0 bridgehead atoms. The van der Waals surface area contributed by atoms with Gasteiger partial charge in [0.25, 0.3) is 0 Å². The molecule has 1 fully saturated rings. The average Bonchev–Trinajstić information content (AvgIpc) is 2.74. The number of hydrogen-bond donors (Lipinski definition) is 7. The molecule has 2 unspecified atom stereocenters. The van der Waals surface area contributed by atoms with Crippen molar-refractivity contribution in [2.24, 2.45) is 0 Å². The molecule has 0 aliphatic carbocycles. The number of rotatable bonds is 3. The van der Waals surface area contributed by atoms with Gasteiger partial charge in [0.2, 0.25) is 17.5 Å². The van der Waals surface area contributed by atoms with Gasteiger partial charge in [-0.15, -0.1) is 0 Å². The Morgan fingerprint density at radius 1 is 0.875 bits per heavy atom. The van der Waals surface area contributed by atoms with Crippen LogP contribution in [0.5, 0.6) is 28.7 Å². The number of phenols is 3. The Balaban J connectivity index is 1.78. The molecule has 2 aromatic carbocycles. The zero-order valence-electron chi connectivity index (χ0n) is 16.5. The van der Waals surface area contributed by atoms with Crippen LogP contribution in [0.1, 0.15) is 6.92 Å². The molecule has 5 atom stereocenters. The highest BCUT2D eigenvalue weighted by molar-refractivity contribution is 5.88. The summed E-state index contributed by atoms with van der Waals surface area (Å²) in [4.78, 5) is 12.6. The summed E-state index contributed by atoms with van der Waals surface area (Å²) in [5, 5.41) is 69.3. The molecule has 1 aliphatic rings. The van der Waals surface area contributed by atoms with Gasteiger partial charge in [0.1, 0.15) is 40.8 Å². The minimum atomic E-state index is -1.61. The van der Waals surface area contributed by atoms with Crippen LogP contribution in [0.3, 0.4) is 0 Å². The third-order valence-corrected chi connectivity index (χ3v) is 5.22. The van der Waals surface area contributed by atoms with Gasteiger partial charge in [-0.2, -0.15) is 0 Å². The van der Waals surface area contributed by atoms with Gasteiger partial charge in [-0.1, -0.05) is 0 Å². The molecule has 4 rings (SSSR count). The average molecular weight is 448 g/mol. The van der Waals surface area contributed by atoms with Gasteiger partial charge < -0.3 is 49.6 Å². The Morgan fingerprint density at radius 2 is 1.59 bits per heavy atom. The van der Waals surface area contributed by atoms with Crippen molar-refractivity contribution < 1.29 is 49.6 Å². The van der Waals surface area contributed by atoms with Gasteiger partial charge in [-0.3, -0.25) is 4.79 Å². The van der Waals surface area contributed by atoms with Crippen molar-refractivity contribution in [3.05, 3.63) is 40.6 Å². The van der Waals surface area contributed by atoms with E-state index in [0.29, 0.717) is 0 Å². The molecule has 3 aromatic rings. The minimum Gasteiger partial charge on any atom is -0.507 e. The van der Waals surface area contributed by atoms with E-state index in [1.165, 1.54) is 19.1 Å². The highest BCUT2D eigenvalue weighted by Crippen LogP contribution is 2.38. The van der Waals surface area contributed by atoms with E-state index >= 15 is 0 Å². The molecule has 11 nitrogen and oxygen atoms in total. The van der Waals surface area contributed by atoms with Crippen LogP contribution in [-0.4, -0.2) is 66.5 Å². The van der Waals surface area contributed by atoms with Gasteiger partial charge in [0.15, 0.2) is 17.3 Å². The van der Waals surface area contributed by atoms with E-state index in [9.17, 15) is 40.5 Å². The molecule has 0 saturated carbocycles. The molecule has 0 radical (unpaired) electrons. The fourth-order valence-electron chi connectivity index (χ4n) is 3.44. The Labute approximate surface area is 179 Å². The van der Waals surface area contributed by atoms with Gasteiger partial charge in [0, 0.05) is 17.7 Å². The second kappa shape index (κ2) is 7.88. The molecule has 7 N–H and O–H groups in total. The van der Waals surface area contributed by atoms with E-state index in [1.807, 2.05) is 0 Å². The van der Waals surface area contributed by atoms with Gasteiger partial charge >= 0.3 is 0 Å². The minimum absolute atomic E-state index is 0.0691. The summed E-state index contributed by atoms with van der Waals surface area (Å²) in [6, 6.07) is 5.72. The first-order valence-corrected chi connectivity index (χ1v) is 9.50. The van der Waals surface area contributed by atoms with E-state index in [0.717, 1.165) is 18.2 Å². The number of aliphatic hydroxyl groups is 3. The number of aliphatic hydroxyl groups excluding tert-OH is 3. The summed E-state index contributed by atoms with van der Waals surface area (Å²) >= 11 is 0. The second-order valence-corrected chi connectivity index (χ2v) is 7.43. The maximum Gasteiger partial charge on any atom is 0.238 e. The van der Waals surface area contributed by atoms with Crippen LogP contribution in [0, 0.1) is 0 Å². The number of ether oxygens (including phenoxy) is 2. The molecule has 11 heteroatoms. The molecule has 0 spiro atoms. The number of fused-ring (bicyclic) bond motifs is 1. The second-order valence-electron chi connectivity index (χ2n) is 7.43. The topological polar surface area (TPSA) is 190 Å². The summed E-state index contributed by atoms with van der Waals surface area (Å²) in [5.41, 5.74) is -1.09. The van der Waals surface area contributed by atoms with Crippen LogP contribution < -0.4 is 10.2 Å². The first-order chi connectivity index (χ1) is 15.1. The monoisotopic (exact) mass is 448 g/mol. The Hall–Kier alpha value is -3.51. The zero-order chi connectivity index (χ0) is 23.3. The third-order valence-electron chi connectivity index (χ3n) is 5.22. The van der Waals surface area contributed by atoms with Crippen molar-refractivity contribution in [3.8, 4) is 40.1 Å². The smallest absolute Gasteiger partial charge is 0.238 e. The highest BCUT2D eigenvalue weighted by Gasteiger charge is 2.43. The molecule has 1 saturated heterocycles. The Kier molecular flexibility index (Phi) is 5.34. The van der Waals surface area contributed by atoms with E-state index < -0.39 is 59.1 Å². The Bertz CT molecular complexity index is 1230. The molecule has 170 valence electrons. The van der Waals surface area contributed by atoms with Crippen LogP contribution in [-0.2, 0) is 4.74 Å². The molecule has 1 aromatic heterocycles. The molecular formula is C21H20O11. The normalized spacial score (nSPS) is 25.7. The van der Waals surface area contributed by atoms with E-state index in [1.54, 1.807) is 0 Å². The predicted octanol–water partition coefficient (Wildman–Crippen LogP) is 0.489. The summed E-state index contributed by atoms with van der Waals surface area (Å²) in [6.07, 6.45) is -6.75. The fourth-order valence-corrected chi connectivity index (χ4v) is 3.44. The number of hydrogen-bond acceptors (Lipinski definition) is 11. The summed E-state index contributed by atoms with van der Waals surface area (Å²) in [6.45, 7) is 1.47. The largest absolute Gasteiger partial charge is 0.507 e. The number of aromatic hydroxyl groups is 4. The van der Waals surface area contributed by atoms with Crippen LogP contribution in [0.15, 0.2) is 39.5 Å². The Morgan fingerprint density at radius 3 is 2.28 bits per heavy atom. The lowest BCUT2D eigenvalue weighted by molar-refractivity contribution is -0.268. The molecule has 32 heavy (non-hydrogen) atoms. The van der Waals surface area contributed by atoms with Crippen LogP contribution in [0.25, 0.3) is 22.3 Å². The standard InChI is InChI=1S/C21H20O11/c1-7-15(25)17(27)19(29)21(30-7)31-9-5-12(24)14-13(6-9)32-20(18(28)16(14)26)8-2-3-10(22)11(23)4-8/h2-7,15,17,19,21-25,27-29H,1H3/t7?,15-,17-,19?,21-/m0/s1. The van der Waals surface area contributed by atoms with Crippen molar-refractivity contribution >= 4 is 11.0 Å². The zero-order valence-corrected chi connectivity index (χ0v) is 16.5. The first-order valence-electron chi connectivity index (χ1n) is 9.50. The van der Waals surface area contributed by atoms with Crippen molar-refractivity contribution in [2.75, 3.05) is 0 Å². The first kappa shape index (κ1) is 21.7. The quantitative estimate of drug-likeness (QED) is 0.276. The van der Waals surface area contributed by atoms with Crippen LogP contribution >= 0.6 is 0 Å². The van der Waals surface area contributed by atoms with Crippen molar-refractivity contribution in [1.82, 2.24) is 0 Å². The third kappa shape index (κ3) is 3.56. The lowest BCUT2D eigenvalue weighted by Gasteiger charge is -2.38. The fraction of sp³-hybridized carbons (Fsp3) is 0.286. The lowest BCUT2D eigenvalue weighted by atomic mass is 10.00. The van der Waals surface area contributed by atoms with Gasteiger partial charge in [-0.05, 0) is 25.1 Å². The number of benzene rings is 2. The van der Waals surface area contributed by atoms with Crippen molar-refractivity contribution in [1.29, 1.82) is 0 Å². The van der Waals surface area contributed by atoms with E-state index in [2.05, 4.69) is 0 Å². The van der Waals surface area contributed by atoms with Crippen molar-refractivity contribution in [2.45, 2.75) is 37.6 Å². The molecule has 0 amide bonds. The van der Waals surface area contributed by atoms with Crippen molar-refractivity contribution in [3.63, 3.8) is 0 Å². The predicted molar refractivity (Wildman–Crippen MR) is 108 cm³/mol. The summed E-state index contributed by atoms with van der Waals surface area (Å²) in [5.74, 6) is -2.80. The van der Waals surface area contributed by atoms with Crippen LogP contribution in [0.4, 0.5) is 0 Å². The van der Waals surface area contributed by atoms with E-state index in [-0.39, 0.29) is 28.0 Å². The summed E-state index contributed by atoms with van der Waals surface area (Å²) < 4.78 is 16.4. The maximum atomic E-state index is 12.6. The van der Waals surface area contributed by atoms with Crippen LogP contribution in [0.2, 0.25) is 0 Å². The molecular weight excluding hydrogens is 428 g/mol. The lowest BCUT2D eigenvalue weighted by Crippen LogP contribution is -2.58.